The van der Waals surface area contributed by atoms with Crippen LogP contribution in [0.1, 0.15) is 0 Å². The summed E-state index contributed by atoms with van der Waals surface area (Å²) in [5.74, 6) is 1.86. The van der Waals surface area contributed by atoms with Gasteiger partial charge >= 0.3 is 0 Å². The van der Waals surface area contributed by atoms with Crippen LogP contribution in [0.25, 0.3) is 11.1 Å². The summed E-state index contributed by atoms with van der Waals surface area (Å²) < 4.78 is 21.3. The lowest BCUT2D eigenvalue weighted by Gasteiger charge is -2.15. The van der Waals surface area contributed by atoms with Gasteiger partial charge in [-0.15, -0.1) is 0 Å². The minimum atomic E-state index is -0.187. The van der Waals surface area contributed by atoms with E-state index in [9.17, 15) is 4.79 Å². The van der Waals surface area contributed by atoms with Crippen molar-refractivity contribution in [3.05, 3.63) is 46.6 Å². The van der Waals surface area contributed by atoms with Crippen molar-refractivity contribution in [1.82, 2.24) is 0 Å². The number of ether oxygens (including phenoxy) is 4. The predicted molar refractivity (Wildman–Crippen MR) is 84.4 cm³/mol. The van der Waals surface area contributed by atoms with Crippen LogP contribution >= 0.6 is 0 Å². The quantitative estimate of drug-likeness (QED) is 0.850. The van der Waals surface area contributed by atoms with Crippen molar-refractivity contribution >= 4 is 0 Å². The minimum absolute atomic E-state index is 0.187. The molecule has 0 atom stereocenters. The van der Waals surface area contributed by atoms with Gasteiger partial charge in [0.15, 0.2) is 17.2 Å². The summed E-state index contributed by atoms with van der Waals surface area (Å²) in [7, 11) is 6.13. The minimum Gasteiger partial charge on any atom is -0.493 e. The van der Waals surface area contributed by atoms with Gasteiger partial charge in [-0.3, -0.25) is 4.79 Å². The molecule has 2 aromatic carbocycles. The molecule has 0 saturated heterocycles. The zero-order chi connectivity index (χ0) is 16.1. The van der Waals surface area contributed by atoms with Crippen molar-refractivity contribution in [2.75, 3.05) is 28.4 Å². The highest BCUT2D eigenvalue weighted by Gasteiger charge is 2.17. The Kier molecular flexibility index (Phi) is 4.88. The summed E-state index contributed by atoms with van der Waals surface area (Å²) in [6.45, 7) is 0. The zero-order valence-corrected chi connectivity index (χ0v) is 13.0. The first-order valence-corrected chi connectivity index (χ1v) is 6.64. The van der Waals surface area contributed by atoms with Crippen molar-refractivity contribution in [3.8, 4) is 34.1 Å². The molecule has 0 aliphatic carbocycles. The van der Waals surface area contributed by atoms with Crippen molar-refractivity contribution in [2.24, 2.45) is 0 Å². The molecular weight excluding hydrogens is 284 g/mol. The van der Waals surface area contributed by atoms with Crippen LogP contribution in [0.3, 0.4) is 0 Å². The van der Waals surface area contributed by atoms with E-state index < -0.39 is 0 Å². The van der Waals surface area contributed by atoms with E-state index in [-0.39, 0.29) is 11.2 Å². The summed E-state index contributed by atoms with van der Waals surface area (Å²) >= 11 is 0. The summed E-state index contributed by atoms with van der Waals surface area (Å²) in [6.07, 6.45) is 0. The number of methoxy groups -OCH3 is 4. The van der Waals surface area contributed by atoms with E-state index in [1.165, 1.54) is 13.2 Å². The second kappa shape index (κ2) is 6.85. The third-order valence-electron chi connectivity index (χ3n) is 3.29. The average Bonchev–Trinajstić information content (AvgIpc) is 2.74. The second-order valence-corrected chi connectivity index (χ2v) is 4.44. The summed E-state index contributed by atoms with van der Waals surface area (Å²) in [4.78, 5) is 11.8. The molecule has 0 saturated carbocycles. The number of rotatable bonds is 5. The first kappa shape index (κ1) is 15.7. The highest BCUT2D eigenvalue weighted by Crippen LogP contribution is 2.44. The van der Waals surface area contributed by atoms with Crippen LogP contribution in [0.4, 0.5) is 0 Å². The van der Waals surface area contributed by atoms with Gasteiger partial charge in [-0.05, 0) is 29.8 Å². The molecular formula is C17H18O5. The van der Waals surface area contributed by atoms with Crippen LogP contribution in [-0.2, 0) is 0 Å². The van der Waals surface area contributed by atoms with Crippen molar-refractivity contribution < 1.29 is 18.9 Å². The Balaban J connectivity index is 2.73. The predicted octanol–water partition coefficient (Wildman–Crippen LogP) is 2.75. The van der Waals surface area contributed by atoms with Crippen molar-refractivity contribution in [3.63, 3.8) is 0 Å². The Morgan fingerprint density at radius 2 is 1.41 bits per heavy atom. The lowest BCUT2D eigenvalue weighted by atomic mass is 10.0. The molecule has 0 bridgehead atoms. The molecule has 0 aliphatic rings. The van der Waals surface area contributed by atoms with Gasteiger partial charge in [0.05, 0.1) is 28.4 Å². The van der Waals surface area contributed by atoms with Crippen LogP contribution in [0.2, 0.25) is 0 Å². The zero-order valence-electron chi connectivity index (χ0n) is 13.0. The molecule has 0 aliphatic heterocycles. The third-order valence-corrected chi connectivity index (χ3v) is 3.29. The smallest absolute Gasteiger partial charge is 0.220 e. The van der Waals surface area contributed by atoms with E-state index in [0.717, 1.165) is 11.1 Å². The molecule has 22 heavy (non-hydrogen) atoms. The number of benzene rings is 1. The van der Waals surface area contributed by atoms with Crippen LogP contribution in [-0.4, -0.2) is 28.4 Å². The molecule has 116 valence electrons. The van der Waals surface area contributed by atoms with Gasteiger partial charge < -0.3 is 18.9 Å². The Hall–Kier alpha value is -2.69. The van der Waals surface area contributed by atoms with Crippen LogP contribution in [0.15, 0.2) is 41.2 Å². The second-order valence-electron chi connectivity index (χ2n) is 4.44. The maximum Gasteiger partial charge on any atom is 0.220 e. The Morgan fingerprint density at radius 1 is 0.727 bits per heavy atom. The van der Waals surface area contributed by atoms with Gasteiger partial charge in [0, 0.05) is 5.56 Å². The molecule has 2 aromatic rings. The van der Waals surface area contributed by atoms with E-state index in [4.69, 9.17) is 18.9 Å². The summed E-state index contributed by atoms with van der Waals surface area (Å²) in [5, 5.41) is 0. The molecule has 0 aromatic heterocycles. The van der Waals surface area contributed by atoms with Crippen LogP contribution < -0.4 is 24.4 Å². The Morgan fingerprint density at radius 3 is 2.00 bits per heavy atom. The molecule has 0 unspecified atom stereocenters. The van der Waals surface area contributed by atoms with Gasteiger partial charge in [0.25, 0.3) is 0 Å². The third kappa shape index (κ3) is 2.83. The molecule has 5 heteroatoms. The maximum absolute atomic E-state index is 11.8. The van der Waals surface area contributed by atoms with E-state index in [1.54, 1.807) is 39.5 Å². The molecule has 0 spiro atoms. The molecule has 0 fully saturated rings. The van der Waals surface area contributed by atoms with Gasteiger partial charge in [0.1, 0.15) is 0 Å². The lowest BCUT2D eigenvalue weighted by Crippen LogP contribution is -1.99. The number of hydrogen-bond acceptors (Lipinski definition) is 5. The molecule has 0 N–H and O–H groups in total. The van der Waals surface area contributed by atoms with Crippen molar-refractivity contribution in [2.45, 2.75) is 0 Å². The molecule has 2 rings (SSSR count). The summed E-state index contributed by atoms with van der Waals surface area (Å²) in [6, 6.07) is 10.2. The van der Waals surface area contributed by atoms with Crippen LogP contribution in [0, 0.1) is 0 Å². The van der Waals surface area contributed by atoms with Crippen LogP contribution in [0.5, 0.6) is 23.0 Å². The molecule has 0 heterocycles. The highest BCUT2D eigenvalue weighted by atomic mass is 16.5. The molecule has 0 amide bonds. The Labute approximate surface area is 129 Å². The van der Waals surface area contributed by atoms with E-state index in [0.29, 0.717) is 17.2 Å². The first-order valence-electron chi connectivity index (χ1n) is 6.64. The fourth-order valence-corrected chi connectivity index (χ4v) is 2.24. The highest BCUT2D eigenvalue weighted by molar-refractivity contribution is 5.76. The summed E-state index contributed by atoms with van der Waals surface area (Å²) in [5.41, 5.74) is 1.36. The fraction of sp³-hybridized carbons (Fsp3) is 0.235. The molecule has 5 nitrogen and oxygen atoms in total. The fourth-order valence-electron chi connectivity index (χ4n) is 2.24. The largest absolute Gasteiger partial charge is 0.493 e. The lowest BCUT2D eigenvalue weighted by molar-refractivity contribution is 0.325. The van der Waals surface area contributed by atoms with E-state index in [1.807, 2.05) is 12.1 Å². The normalized spacial score (nSPS) is 10.0. The SMILES string of the molecule is COc1ccc(-c2cccc(=O)c(OC)c2)c(OC)c1OC. The van der Waals surface area contributed by atoms with E-state index in [2.05, 4.69) is 0 Å². The average molecular weight is 302 g/mol. The first-order chi connectivity index (χ1) is 10.7. The topological polar surface area (TPSA) is 54.0 Å². The maximum atomic E-state index is 11.8. The van der Waals surface area contributed by atoms with E-state index >= 15 is 0 Å². The van der Waals surface area contributed by atoms with Gasteiger partial charge in [0.2, 0.25) is 11.2 Å². The van der Waals surface area contributed by atoms with Gasteiger partial charge in [-0.25, -0.2) is 0 Å². The standard InChI is InChI=1S/C17H18O5/c1-19-14-9-8-12(16(21-3)17(14)22-4)11-6-5-7-13(18)15(10-11)20-2/h5-10H,1-4H3. The van der Waals surface area contributed by atoms with Gasteiger partial charge in [-0.2, -0.15) is 0 Å². The Bertz CT molecular complexity index is 725. The monoisotopic (exact) mass is 302 g/mol. The van der Waals surface area contributed by atoms with Gasteiger partial charge in [-0.1, -0.05) is 12.1 Å². The number of hydrogen-bond donors (Lipinski definition) is 0. The molecule has 0 radical (unpaired) electrons. The van der Waals surface area contributed by atoms with Crippen molar-refractivity contribution in [1.29, 1.82) is 0 Å².